The SMILES string of the molecule is COC[C@@H](C)Oc1cc(C(=O)Nc2ccn[nH]2)cc(Oc2ccc(NC(=O)c3ccccc3)cc2)n1. The molecule has 2 amide bonds. The smallest absolute Gasteiger partial charge is 0.257 e. The number of methoxy groups -OCH3 is 1. The first-order chi connectivity index (χ1) is 17.5. The number of hydrogen-bond donors (Lipinski definition) is 3. The van der Waals surface area contributed by atoms with E-state index in [1.54, 1.807) is 61.7 Å². The highest BCUT2D eigenvalue weighted by molar-refractivity contribution is 6.04. The van der Waals surface area contributed by atoms with Crippen molar-refractivity contribution in [1.29, 1.82) is 0 Å². The van der Waals surface area contributed by atoms with Crippen LogP contribution in [0.1, 0.15) is 27.6 Å². The molecule has 0 aliphatic carbocycles. The lowest BCUT2D eigenvalue weighted by atomic mass is 10.2. The first kappa shape index (κ1) is 24.4. The second-order valence-electron chi connectivity index (χ2n) is 7.79. The number of carbonyl (C=O) groups excluding carboxylic acids is 2. The van der Waals surface area contributed by atoms with Gasteiger partial charge >= 0.3 is 0 Å². The summed E-state index contributed by atoms with van der Waals surface area (Å²) in [4.78, 5) is 29.5. The van der Waals surface area contributed by atoms with Gasteiger partial charge in [-0.15, -0.1) is 0 Å². The van der Waals surface area contributed by atoms with Crippen LogP contribution in [0.25, 0.3) is 0 Å². The van der Waals surface area contributed by atoms with E-state index in [2.05, 4.69) is 25.8 Å². The van der Waals surface area contributed by atoms with Crippen molar-refractivity contribution in [3.63, 3.8) is 0 Å². The summed E-state index contributed by atoms with van der Waals surface area (Å²) in [6.07, 6.45) is 1.23. The topological polar surface area (TPSA) is 127 Å². The predicted octanol–water partition coefficient (Wildman–Crippen LogP) is 4.52. The van der Waals surface area contributed by atoms with E-state index in [1.165, 1.54) is 18.3 Å². The first-order valence-electron chi connectivity index (χ1n) is 11.1. The number of benzene rings is 2. The number of ether oxygens (including phenoxy) is 3. The number of rotatable bonds is 10. The Morgan fingerprint density at radius 3 is 2.33 bits per heavy atom. The molecule has 0 bridgehead atoms. The fourth-order valence-electron chi connectivity index (χ4n) is 3.24. The van der Waals surface area contributed by atoms with Crippen LogP contribution in [0.5, 0.6) is 17.5 Å². The lowest BCUT2D eigenvalue weighted by molar-refractivity contribution is 0.0882. The maximum atomic E-state index is 12.8. The fraction of sp³-hybridized carbons (Fsp3) is 0.154. The molecule has 0 spiro atoms. The summed E-state index contributed by atoms with van der Waals surface area (Å²) in [7, 11) is 1.57. The molecule has 0 saturated heterocycles. The molecule has 4 aromatic rings. The molecule has 0 aliphatic rings. The molecule has 0 fully saturated rings. The highest BCUT2D eigenvalue weighted by atomic mass is 16.5. The molecule has 0 unspecified atom stereocenters. The van der Waals surface area contributed by atoms with E-state index in [0.29, 0.717) is 29.4 Å². The zero-order valence-corrected chi connectivity index (χ0v) is 19.7. The number of nitrogens with one attached hydrogen (secondary N) is 3. The van der Waals surface area contributed by atoms with Crippen molar-refractivity contribution in [3.05, 3.63) is 90.1 Å². The highest BCUT2D eigenvalue weighted by Gasteiger charge is 2.15. The molecule has 1 atom stereocenters. The molecule has 2 aromatic carbocycles. The Labute approximate surface area is 207 Å². The number of hydrogen-bond acceptors (Lipinski definition) is 7. The van der Waals surface area contributed by atoms with Crippen molar-refractivity contribution < 1.29 is 23.8 Å². The standard InChI is InChI=1S/C26H25N5O5/c1-17(16-34-2)35-23-14-19(26(33)29-22-12-13-27-31-22)15-24(30-23)36-21-10-8-20(9-11-21)28-25(32)18-6-4-3-5-7-18/h3-15,17H,16H2,1-2H3,(H,28,32)(H2,27,29,31,33)/t17-/m1/s1. The minimum atomic E-state index is -0.394. The Bertz CT molecular complexity index is 1290. The monoisotopic (exact) mass is 487 g/mol. The molecule has 184 valence electrons. The van der Waals surface area contributed by atoms with E-state index in [1.807, 2.05) is 13.0 Å². The predicted molar refractivity (Wildman–Crippen MR) is 134 cm³/mol. The van der Waals surface area contributed by atoms with Gasteiger partial charge in [-0.2, -0.15) is 10.1 Å². The zero-order chi connectivity index (χ0) is 25.3. The van der Waals surface area contributed by atoms with Gasteiger partial charge in [0.25, 0.3) is 11.8 Å². The minimum absolute atomic E-state index is 0.160. The Morgan fingerprint density at radius 1 is 0.917 bits per heavy atom. The van der Waals surface area contributed by atoms with Gasteiger partial charge in [-0.1, -0.05) is 18.2 Å². The molecule has 36 heavy (non-hydrogen) atoms. The van der Waals surface area contributed by atoms with Crippen molar-refractivity contribution >= 4 is 23.3 Å². The van der Waals surface area contributed by atoms with Crippen LogP contribution in [0, 0.1) is 0 Å². The van der Waals surface area contributed by atoms with Crippen LogP contribution in [-0.2, 0) is 4.74 Å². The molecule has 2 aromatic heterocycles. The second-order valence-corrected chi connectivity index (χ2v) is 7.79. The van der Waals surface area contributed by atoms with Gasteiger partial charge in [0.05, 0.1) is 18.4 Å². The summed E-state index contributed by atoms with van der Waals surface area (Å²) >= 11 is 0. The molecule has 10 nitrogen and oxygen atoms in total. The fourth-order valence-corrected chi connectivity index (χ4v) is 3.24. The van der Waals surface area contributed by atoms with Gasteiger partial charge in [0.1, 0.15) is 17.7 Å². The third-order valence-electron chi connectivity index (χ3n) is 4.88. The minimum Gasteiger partial charge on any atom is -0.472 e. The molecule has 0 aliphatic heterocycles. The number of carbonyl (C=O) groups is 2. The van der Waals surface area contributed by atoms with E-state index in [-0.39, 0.29) is 29.3 Å². The van der Waals surface area contributed by atoms with Gasteiger partial charge in [0.2, 0.25) is 11.8 Å². The van der Waals surface area contributed by atoms with Crippen LogP contribution in [0.2, 0.25) is 0 Å². The highest BCUT2D eigenvalue weighted by Crippen LogP contribution is 2.26. The lowest BCUT2D eigenvalue weighted by Crippen LogP contribution is -2.19. The van der Waals surface area contributed by atoms with Crippen LogP contribution < -0.4 is 20.1 Å². The summed E-state index contributed by atoms with van der Waals surface area (Å²) in [5, 5.41) is 12.0. The summed E-state index contributed by atoms with van der Waals surface area (Å²) in [5.74, 6) is 0.667. The quantitative estimate of drug-likeness (QED) is 0.300. The second kappa shape index (κ2) is 11.6. The molecule has 0 radical (unpaired) electrons. The molecular formula is C26H25N5O5. The van der Waals surface area contributed by atoms with Gasteiger partial charge in [0, 0.05) is 36.6 Å². The van der Waals surface area contributed by atoms with E-state index in [4.69, 9.17) is 14.2 Å². The van der Waals surface area contributed by atoms with E-state index >= 15 is 0 Å². The summed E-state index contributed by atoms with van der Waals surface area (Å²) < 4.78 is 16.8. The Morgan fingerprint density at radius 2 is 1.64 bits per heavy atom. The van der Waals surface area contributed by atoms with Gasteiger partial charge in [-0.05, 0) is 43.3 Å². The van der Waals surface area contributed by atoms with E-state index in [9.17, 15) is 9.59 Å². The number of H-pyrrole nitrogens is 1. The van der Waals surface area contributed by atoms with Crippen LogP contribution in [0.3, 0.4) is 0 Å². The van der Waals surface area contributed by atoms with E-state index in [0.717, 1.165) is 0 Å². The number of nitrogens with zero attached hydrogens (tertiary/aromatic N) is 2. The summed E-state index contributed by atoms with van der Waals surface area (Å²) in [5.41, 5.74) is 1.44. The van der Waals surface area contributed by atoms with Crippen LogP contribution in [0.4, 0.5) is 11.5 Å². The lowest BCUT2D eigenvalue weighted by Gasteiger charge is -2.15. The number of aromatic nitrogens is 3. The molecule has 0 saturated carbocycles. The maximum Gasteiger partial charge on any atom is 0.257 e. The van der Waals surface area contributed by atoms with Crippen molar-refractivity contribution in [1.82, 2.24) is 15.2 Å². The number of pyridine rings is 1. The number of anilines is 2. The van der Waals surface area contributed by atoms with Crippen molar-refractivity contribution in [3.8, 4) is 17.5 Å². The van der Waals surface area contributed by atoms with E-state index < -0.39 is 5.91 Å². The average Bonchev–Trinajstić information content (AvgIpc) is 3.39. The van der Waals surface area contributed by atoms with Crippen molar-refractivity contribution in [2.75, 3.05) is 24.4 Å². The maximum absolute atomic E-state index is 12.8. The average molecular weight is 488 g/mol. The number of amides is 2. The van der Waals surface area contributed by atoms with Gasteiger partial charge in [-0.25, -0.2) is 0 Å². The number of aromatic amines is 1. The largest absolute Gasteiger partial charge is 0.472 e. The Balaban J connectivity index is 1.50. The Hall–Kier alpha value is -4.70. The summed E-state index contributed by atoms with van der Waals surface area (Å²) in [6.45, 7) is 2.17. The zero-order valence-electron chi connectivity index (χ0n) is 19.7. The van der Waals surface area contributed by atoms with Gasteiger partial charge in [-0.3, -0.25) is 14.7 Å². The van der Waals surface area contributed by atoms with Crippen molar-refractivity contribution in [2.24, 2.45) is 0 Å². The molecule has 2 heterocycles. The van der Waals surface area contributed by atoms with Crippen molar-refractivity contribution in [2.45, 2.75) is 13.0 Å². The molecule has 10 heteroatoms. The summed E-state index contributed by atoms with van der Waals surface area (Å²) in [6, 6.07) is 20.4. The third-order valence-corrected chi connectivity index (χ3v) is 4.88. The molecular weight excluding hydrogens is 462 g/mol. The normalized spacial score (nSPS) is 11.4. The van der Waals surface area contributed by atoms with Gasteiger partial charge in [0.15, 0.2) is 0 Å². The third kappa shape index (κ3) is 6.67. The Kier molecular flexibility index (Phi) is 7.89. The molecule has 3 N–H and O–H groups in total. The van der Waals surface area contributed by atoms with Crippen LogP contribution in [0.15, 0.2) is 79.0 Å². The first-order valence-corrected chi connectivity index (χ1v) is 11.1. The van der Waals surface area contributed by atoms with Crippen LogP contribution in [-0.4, -0.2) is 46.8 Å². The molecule has 4 rings (SSSR count). The van der Waals surface area contributed by atoms with Crippen LogP contribution >= 0.6 is 0 Å². The van der Waals surface area contributed by atoms with Gasteiger partial charge < -0.3 is 24.8 Å².